The number of nitrogens with one attached hydrogen (secondary N) is 2. The Balaban J connectivity index is 2.84. The van der Waals surface area contributed by atoms with E-state index in [4.69, 9.17) is 4.74 Å². The number of amides is 2. The lowest BCUT2D eigenvalue weighted by atomic mass is 9.81. The molecule has 2 amide bonds. The second kappa shape index (κ2) is 19.3. The van der Waals surface area contributed by atoms with Crippen molar-refractivity contribution in [2.45, 2.75) is 46.0 Å². The fraction of sp³-hybridized carbons (Fsp3) is 0.889. The van der Waals surface area contributed by atoms with E-state index in [1.807, 2.05) is 13.8 Å². The molecule has 258 valence electrons. The molecule has 0 radical (unpaired) electrons. The first kappa shape index (κ1) is 39.8. The van der Waals surface area contributed by atoms with E-state index in [2.05, 4.69) is 20.4 Å². The van der Waals surface area contributed by atoms with Crippen LogP contribution in [-0.4, -0.2) is 155 Å². The molecular formula is C27H47F6N6O5-. The number of aliphatic carboxylic acids is 1. The van der Waals surface area contributed by atoms with Crippen LogP contribution >= 0.6 is 0 Å². The summed E-state index contributed by atoms with van der Waals surface area (Å²) in [5.41, 5.74) is -2.47. The van der Waals surface area contributed by atoms with Gasteiger partial charge < -0.3 is 35.1 Å². The second-order valence-electron chi connectivity index (χ2n) is 11.1. The lowest BCUT2D eigenvalue weighted by Gasteiger charge is -2.35. The van der Waals surface area contributed by atoms with Gasteiger partial charge in [0.2, 0.25) is 11.8 Å². The van der Waals surface area contributed by atoms with Gasteiger partial charge in [-0.05, 0) is 20.0 Å². The minimum Gasteiger partial charge on any atom is -0.549 e. The molecule has 44 heavy (non-hydrogen) atoms. The molecule has 1 heterocycles. The third-order valence-electron chi connectivity index (χ3n) is 7.41. The average Bonchev–Trinajstić information content (AvgIpc) is 2.90. The molecule has 11 nitrogen and oxygen atoms in total. The van der Waals surface area contributed by atoms with Crippen LogP contribution in [0, 0.1) is 5.41 Å². The summed E-state index contributed by atoms with van der Waals surface area (Å²) in [5, 5.41) is 15.8. The van der Waals surface area contributed by atoms with Crippen molar-refractivity contribution in [1.82, 2.24) is 30.2 Å². The molecule has 0 aromatic rings. The van der Waals surface area contributed by atoms with Crippen LogP contribution in [0.4, 0.5) is 26.3 Å². The standard InChI is InChI=1S/C27H48F6N6O5/c1-4-36-7-8-37(5-2)10-12-39(17-24(42)43)14-13-38(11-9-36)16-23(41)34-15-22(40)35-20-25(21-44-6-3,18-26(28,29)30)19-27(31,32)33/h4-21H2,1-3H3,(H,34,41)(H,35,40)(H,42,43)/p-1. The Labute approximate surface area is 255 Å². The fourth-order valence-corrected chi connectivity index (χ4v) is 5.01. The molecular weight excluding hydrogens is 602 g/mol. The van der Waals surface area contributed by atoms with Crippen LogP contribution in [0.1, 0.15) is 33.6 Å². The molecule has 0 atom stereocenters. The molecule has 17 heteroatoms. The van der Waals surface area contributed by atoms with E-state index in [1.165, 1.54) is 6.92 Å². The van der Waals surface area contributed by atoms with Crippen molar-refractivity contribution in [3.05, 3.63) is 0 Å². The molecule has 0 aliphatic carbocycles. The first-order chi connectivity index (χ1) is 20.5. The number of hydrogen-bond donors (Lipinski definition) is 2. The molecule has 1 saturated heterocycles. The maximum Gasteiger partial charge on any atom is 0.389 e. The topological polar surface area (TPSA) is 121 Å². The minimum atomic E-state index is -4.94. The third kappa shape index (κ3) is 17.9. The van der Waals surface area contributed by atoms with Gasteiger partial charge in [0.1, 0.15) is 0 Å². The summed E-state index contributed by atoms with van der Waals surface area (Å²) in [5.74, 6) is -2.75. The number of ether oxygens (including phenoxy) is 1. The van der Waals surface area contributed by atoms with E-state index >= 15 is 0 Å². The molecule has 0 aromatic carbocycles. The summed E-state index contributed by atoms with van der Waals surface area (Å²) in [6, 6.07) is 0. The van der Waals surface area contributed by atoms with E-state index < -0.39 is 68.1 Å². The van der Waals surface area contributed by atoms with Gasteiger partial charge in [-0.25, -0.2) is 0 Å². The number of alkyl halides is 6. The van der Waals surface area contributed by atoms with Crippen molar-refractivity contribution in [3.8, 4) is 0 Å². The zero-order valence-electron chi connectivity index (χ0n) is 25.8. The summed E-state index contributed by atoms with van der Waals surface area (Å²) in [7, 11) is 0. The third-order valence-corrected chi connectivity index (χ3v) is 7.41. The number of carbonyl (C=O) groups is 3. The average molecular weight is 650 g/mol. The van der Waals surface area contributed by atoms with Crippen LogP contribution < -0.4 is 15.7 Å². The number of carboxylic acids is 1. The summed E-state index contributed by atoms with van der Waals surface area (Å²) in [4.78, 5) is 44.4. The summed E-state index contributed by atoms with van der Waals surface area (Å²) in [6.07, 6.45) is -13.5. The number of rotatable bonds is 15. The first-order valence-electron chi connectivity index (χ1n) is 14.8. The van der Waals surface area contributed by atoms with Crippen molar-refractivity contribution in [2.24, 2.45) is 5.41 Å². The number of carbonyl (C=O) groups excluding carboxylic acids is 3. The predicted molar refractivity (Wildman–Crippen MR) is 148 cm³/mol. The highest BCUT2D eigenvalue weighted by atomic mass is 19.4. The van der Waals surface area contributed by atoms with Gasteiger partial charge in [0.15, 0.2) is 0 Å². The van der Waals surface area contributed by atoms with Gasteiger partial charge in [-0.2, -0.15) is 26.3 Å². The number of nitrogens with zero attached hydrogens (tertiary/aromatic N) is 4. The van der Waals surface area contributed by atoms with Gasteiger partial charge in [0, 0.05) is 77.5 Å². The zero-order valence-corrected chi connectivity index (χ0v) is 25.8. The molecule has 0 bridgehead atoms. The Morgan fingerprint density at radius 2 is 1.11 bits per heavy atom. The maximum atomic E-state index is 13.2. The first-order valence-corrected chi connectivity index (χ1v) is 14.8. The van der Waals surface area contributed by atoms with E-state index in [1.54, 1.807) is 9.80 Å². The summed E-state index contributed by atoms with van der Waals surface area (Å²) < 4.78 is 84.3. The van der Waals surface area contributed by atoms with Crippen LogP contribution in [0.2, 0.25) is 0 Å². The number of halogens is 6. The van der Waals surface area contributed by atoms with Crippen molar-refractivity contribution >= 4 is 17.8 Å². The Morgan fingerprint density at radius 3 is 1.50 bits per heavy atom. The van der Waals surface area contributed by atoms with Crippen LogP contribution in [0.25, 0.3) is 0 Å². The SMILES string of the molecule is CCOCC(CNC(=O)CNC(=O)CN1CCN(CC)CCN(CC)CCN(CC(=O)[O-])CC1)(CC(F)(F)F)CC(F)(F)F. The maximum absolute atomic E-state index is 13.2. The molecule has 2 N–H and O–H groups in total. The molecule has 1 fully saturated rings. The number of carboxylic acid groups (broad SMARTS) is 1. The highest BCUT2D eigenvalue weighted by molar-refractivity contribution is 5.85. The fourth-order valence-electron chi connectivity index (χ4n) is 5.01. The Morgan fingerprint density at radius 1 is 0.682 bits per heavy atom. The van der Waals surface area contributed by atoms with E-state index in [-0.39, 0.29) is 19.7 Å². The molecule has 0 unspecified atom stereocenters. The van der Waals surface area contributed by atoms with Gasteiger partial charge in [0.05, 0.1) is 38.5 Å². The highest BCUT2D eigenvalue weighted by Crippen LogP contribution is 2.42. The summed E-state index contributed by atoms with van der Waals surface area (Å²) in [6.45, 7) is 8.55. The largest absolute Gasteiger partial charge is 0.549 e. The van der Waals surface area contributed by atoms with Gasteiger partial charge >= 0.3 is 12.4 Å². The normalized spacial score (nSPS) is 17.9. The van der Waals surface area contributed by atoms with Crippen LogP contribution in [-0.2, 0) is 19.1 Å². The lowest BCUT2D eigenvalue weighted by molar-refractivity contribution is -0.306. The zero-order chi connectivity index (χ0) is 33.4. The molecule has 1 aliphatic heterocycles. The smallest absolute Gasteiger partial charge is 0.389 e. The quantitative estimate of drug-likeness (QED) is 0.239. The van der Waals surface area contributed by atoms with Crippen molar-refractivity contribution < 1.29 is 50.6 Å². The number of likely N-dealkylation sites (N-methyl/N-ethyl adjacent to an activating group) is 2. The van der Waals surface area contributed by atoms with Gasteiger partial charge in [-0.1, -0.05) is 13.8 Å². The van der Waals surface area contributed by atoms with E-state index in [9.17, 15) is 45.8 Å². The summed E-state index contributed by atoms with van der Waals surface area (Å²) >= 11 is 0. The highest BCUT2D eigenvalue weighted by Gasteiger charge is 2.49. The molecule has 0 spiro atoms. The van der Waals surface area contributed by atoms with Crippen LogP contribution in [0.15, 0.2) is 0 Å². The van der Waals surface area contributed by atoms with Gasteiger partial charge in [-0.15, -0.1) is 0 Å². The molecule has 1 aliphatic rings. The van der Waals surface area contributed by atoms with Crippen molar-refractivity contribution in [3.63, 3.8) is 0 Å². The Bertz CT molecular complexity index is 863. The van der Waals surface area contributed by atoms with Gasteiger partial charge in [0.25, 0.3) is 0 Å². The second-order valence-corrected chi connectivity index (χ2v) is 11.1. The van der Waals surface area contributed by atoms with Crippen LogP contribution in [0.3, 0.4) is 0 Å². The molecule has 0 saturated carbocycles. The molecule has 0 aromatic heterocycles. The Kier molecular flexibility index (Phi) is 17.5. The van der Waals surface area contributed by atoms with Crippen LogP contribution in [0.5, 0.6) is 0 Å². The Hall–Kier alpha value is -2.21. The van der Waals surface area contributed by atoms with Gasteiger partial charge in [-0.3, -0.25) is 19.4 Å². The van der Waals surface area contributed by atoms with Crippen molar-refractivity contribution in [2.75, 3.05) is 105 Å². The van der Waals surface area contributed by atoms with E-state index in [0.717, 1.165) is 26.2 Å². The number of hydrogen-bond acceptors (Lipinski definition) is 9. The predicted octanol–water partition coefficient (Wildman–Crippen LogP) is 0.158. The van der Waals surface area contributed by atoms with E-state index in [0.29, 0.717) is 39.3 Å². The lowest BCUT2D eigenvalue weighted by Crippen LogP contribution is -2.50. The molecule has 1 rings (SSSR count). The minimum absolute atomic E-state index is 0.115. The monoisotopic (exact) mass is 649 g/mol. The van der Waals surface area contributed by atoms with Crippen molar-refractivity contribution in [1.29, 1.82) is 0 Å².